The average Bonchev–Trinajstić information content (AvgIpc) is 3.34. The van der Waals surface area contributed by atoms with Crippen LogP contribution in [0.5, 0.6) is 0 Å². The third kappa shape index (κ3) is 5.19. The van der Waals surface area contributed by atoms with E-state index in [0.717, 1.165) is 24.9 Å². The summed E-state index contributed by atoms with van der Waals surface area (Å²) >= 11 is 0. The fourth-order valence-corrected chi connectivity index (χ4v) is 2.57. The van der Waals surface area contributed by atoms with E-state index in [4.69, 9.17) is 4.74 Å². The average molecular weight is 354 g/mol. The maximum atomic E-state index is 12.2. The monoisotopic (exact) mass is 353 g/mol. The van der Waals surface area contributed by atoms with Crippen LogP contribution in [0.1, 0.15) is 35.2 Å². The smallest absolute Gasteiger partial charge is 0.251 e. The van der Waals surface area contributed by atoms with Crippen LogP contribution in [-0.2, 0) is 9.53 Å². The number of aryl methyl sites for hydroxylation is 1. The lowest BCUT2D eigenvalue weighted by atomic mass is 10.1. The zero-order chi connectivity index (χ0) is 16.2. The van der Waals surface area contributed by atoms with Crippen LogP contribution < -0.4 is 16.0 Å². The fraction of sp³-hybridized carbons (Fsp3) is 0.529. The Balaban J connectivity index is 0.00000208. The van der Waals surface area contributed by atoms with Crippen molar-refractivity contribution in [2.75, 3.05) is 25.1 Å². The van der Waals surface area contributed by atoms with Crippen LogP contribution in [0, 0.1) is 6.92 Å². The molecule has 7 heteroatoms. The van der Waals surface area contributed by atoms with Gasteiger partial charge in [-0.3, -0.25) is 9.59 Å². The molecule has 2 aliphatic rings. The second-order valence-electron chi connectivity index (χ2n) is 6.26. The zero-order valence-corrected chi connectivity index (χ0v) is 14.6. The molecule has 3 rings (SSSR count). The molecule has 132 valence electrons. The van der Waals surface area contributed by atoms with E-state index >= 15 is 0 Å². The van der Waals surface area contributed by atoms with Crippen LogP contribution in [0.3, 0.4) is 0 Å². The molecule has 1 aliphatic heterocycles. The Morgan fingerprint density at radius 3 is 2.79 bits per heavy atom. The second-order valence-corrected chi connectivity index (χ2v) is 6.26. The van der Waals surface area contributed by atoms with Crippen molar-refractivity contribution in [2.24, 2.45) is 0 Å². The van der Waals surface area contributed by atoms with Crippen LogP contribution in [0.4, 0.5) is 5.69 Å². The Labute approximate surface area is 148 Å². The zero-order valence-electron chi connectivity index (χ0n) is 13.8. The highest BCUT2D eigenvalue weighted by Crippen LogP contribution is 2.21. The number of ether oxygens (including phenoxy) is 1. The van der Waals surface area contributed by atoms with Gasteiger partial charge in [-0.2, -0.15) is 0 Å². The molecule has 1 aromatic carbocycles. The van der Waals surface area contributed by atoms with Crippen LogP contribution in [0.25, 0.3) is 0 Å². The summed E-state index contributed by atoms with van der Waals surface area (Å²) in [6.45, 7) is 3.93. The number of benzene rings is 1. The van der Waals surface area contributed by atoms with Crippen molar-refractivity contribution in [2.45, 2.75) is 38.3 Å². The van der Waals surface area contributed by atoms with Gasteiger partial charge in [0.25, 0.3) is 5.91 Å². The highest BCUT2D eigenvalue weighted by Gasteiger charge is 2.24. The highest BCUT2D eigenvalue weighted by atomic mass is 35.5. The number of nitrogens with one attached hydrogen (secondary N) is 3. The van der Waals surface area contributed by atoms with E-state index in [1.165, 1.54) is 0 Å². The molecule has 1 aliphatic carbocycles. The van der Waals surface area contributed by atoms with E-state index in [0.29, 0.717) is 36.9 Å². The summed E-state index contributed by atoms with van der Waals surface area (Å²) in [4.78, 5) is 24.3. The first-order chi connectivity index (χ1) is 11.1. The van der Waals surface area contributed by atoms with Gasteiger partial charge in [0.2, 0.25) is 5.91 Å². The number of carbonyl (C=O) groups excluding carboxylic acids is 2. The van der Waals surface area contributed by atoms with Gasteiger partial charge in [-0.15, -0.1) is 12.4 Å². The maximum absolute atomic E-state index is 12.2. The summed E-state index contributed by atoms with van der Waals surface area (Å²) in [5, 5.41) is 9.12. The molecule has 24 heavy (non-hydrogen) atoms. The van der Waals surface area contributed by atoms with Crippen LogP contribution >= 0.6 is 12.4 Å². The molecule has 1 heterocycles. The first-order valence-electron chi connectivity index (χ1n) is 8.14. The molecule has 2 amide bonds. The fourth-order valence-electron chi connectivity index (χ4n) is 2.57. The van der Waals surface area contributed by atoms with Crippen molar-refractivity contribution >= 4 is 29.9 Å². The molecular weight excluding hydrogens is 330 g/mol. The first kappa shape index (κ1) is 18.7. The summed E-state index contributed by atoms with van der Waals surface area (Å²) in [5.74, 6) is -0.152. The molecule has 1 unspecified atom stereocenters. The molecule has 1 aromatic rings. The van der Waals surface area contributed by atoms with Gasteiger partial charge in [0, 0.05) is 36.3 Å². The number of halogens is 1. The van der Waals surface area contributed by atoms with Gasteiger partial charge in [-0.1, -0.05) is 6.07 Å². The maximum Gasteiger partial charge on any atom is 0.251 e. The molecule has 1 saturated carbocycles. The molecule has 0 aromatic heterocycles. The number of amides is 2. The normalized spacial score (nSPS) is 20.0. The quantitative estimate of drug-likeness (QED) is 0.751. The van der Waals surface area contributed by atoms with Crippen molar-refractivity contribution in [3.63, 3.8) is 0 Å². The largest absolute Gasteiger partial charge is 0.378 e. The van der Waals surface area contributed by atoms with Crippen LogP contribution in [0.2, 0.25) is 0 Å². The summed E-state index contributed by atoms with van der Waals surface area (Å²) in [6, 6.07) is 5.76. The highest BCUT2D eigenvalue weighted by molar-refractivity contribution is 5.98. The molecule has 2 fully saturated rings. The molecule has 0 radical (unpaired) electrons. The van der Waals surface area contributed by atoms with Crippen molar-refractivity contribution in [3.05, 3.63) is 29.3 Å². The standard InChI is InChI=1S/C17H23N3O3.ClH/c1-11-2-3-12(17(22)19-13-4-5-13)8-15(11)20-16(21)9-14-10-23-7-6-18-14;/h2-3,8,13-14,18H,4-7,9-10H2,1H3,(H,19,22)(H,20,21);1H. The van der Waals surface area contributed by atoms with Gasteiger partial charge in [-0.05, 0) is 37.5 Å². The lowest BCUT2D eigenvalue weighted by Gasteiger charge is -2.23. The minimum Gasteiger partial charge on any atom is -0.378 e. The summed E-state index contributed by atoms with van der Waals surface area (Å²) < 4.78 is 5.35. The van der Waals surface area contributed by atoms with Gasteiger partial charge < -0.3 is 20.7 Å². The summed E-state index contributed by atoms with van der Waals surface area (Å²) in [5.41, 5.74) is 2.21. The molecule has 0 spiro atoms. The molecule has 0 bridgehead atoms. The predicted molar refractivity (Wildman–Crippen MR) is 94.8 cm³/mol. The van der Waals surface area contributed by atoms with Crippen molar-refractivity contribution in [3.8, 4) is 0 Å². The second kappa shape index (κ2) is 8.46. The number of hydrogen-bond acceptors (Lipinski definition) is 4. The van der Waals surface area contributed by atoms with Crippen LogP contribution in [0.15, 0.2) is 18.2 Å². The number of carbonyl (C=O) groups is 2. The first-order valence-corrected chi connectivity index (χ1v) is 8.14. The molecule has 3 N–H and O–H groups in total. The minimum atomic E-state index is -0.0784. The predicted octanol–water partition coefficient (Wildman–Crippen LogP) is 1.63. The molecule has 1 atom stereocenters. The third-order valence-electron chi connectivity index (χ3n) is 4.12. The Bertz CT molecular complexity index is 599. The molecule has 6 nitrogen and oxygen atoms in total. The number of hydrogen-bond donors (Lipinski definition) is 3. The van der Waals surface area contributed by atoms with Gasteiger partial charge in [0.15, 0.2) is 0 Å². The van der Waals surface area contributed by atoms with Gasteiger partial charge >= 0.3 is 0 Å². The Morgan fingerprint density at radius 1 is 1.33 bits per heavy atom. The van der Waals surface area contributed by atoms with E-state index in [1.54, 1.807) is 12.1 Å². The van der Waals surface area contributed by atoms with E-state index < -0.39 is 0 Å². The van der Waals surface area contributed by atoms with E-state index in [-0.39, 0.29) is 30.3 Å². The Hall–Kier alpha value is -1.63. The third-order valence-corrected chi connectivity index (χ3v) is 4.12. The van der Waals surface area contributed by atoms with Crippen LogP contribution in [-0.4, -0.2) is 43.7 Å². The van der Waals surface area contributed by atoms with Gasteiger partial charge in [-0.25, -0.2) is 0 Å². The lowest BCUT2D eigenvalue weighted by molar-refractivity contribution is -0.117. The van der Waals surface area contributed by atoms with Crippen molar-refractivity contribution < 1.29 is 14.3 Å². The van der Waals surface area contributed by atoms with Gasteiger partial charge in [0.05, 0.1) is 13.2 Å². The molecular formula is C17H24ClN3O3. The molecule has 1 saturated heterocycles. The van der Waals surface area contributed by atoms with Crippen molar-refractivity contribution in [1.82, 2.24) is 10.6 Å². The SMILES string of the molecule is Cc1ccc(C(=O)NC2CC2)cc1NC(=O)CC1COCCN1.Cl. The minimum absolute atomic E-state index is 0. The number of anilines is 1. The summed E-state index contributed by atoms with van der Waals surface area (Å²) in [6.07, 6.45) is 2.47. The number of morpholine rings is 1. The van der Waals surface area contributed by atoms with E-state index in [9.17, 15) is 9.59 Å². The van der Waals surface area contributed by atoms with Crippen molar-refractivity contribution in [1.29, 1.82) is 0 Å². The Morgan fingerprint density at radius 2 is 2.12 bits per heavy atom. The summed E-state index contributed by atoms with van der Waals surface area (Å²) in [7, 11) is 0. The van der Waals surface area contributed by atoms with Gasteiger partial charge in [0.1, 0.15) is 0 Å². The lowest BCUT2D eigenvalue weighted by Crippen LogP contribution is -2.43. The topological polar surface area (TPSA) is 79.5 Å². The van der Waals surface area contributed by atoms with E-state index in [1.807, 2.05) is 13.0 Å². The number of rotatable bonds is 5. The van der Waals surface area contributed by atoms with E-state index in [2.05, 4.69) is 16.0 Å². The Kier molecular flexibility index (Phi) is 6.60.